The zero-order valence-corrected chi connectivity index (χ0v) is 14.4. The third kappa shape index (κ3) is 3.52. The van der Waals surface area contributed by atoms with E-state index in [1.165, 1.54) is 6.20 Å². The van der Waals surface area contributed by atoms with Crippen LogP contribution in [0.15, 0.2) is 36.8 Å². The molecule has 3 aromatic heterocycles. The molecule has 3 aromatic rings. The second-order valence-corrected chi connectivity index (χ2v) is 5.81. The molecule has 7 heteroatoms. The van der Waals surface area contributed by atoms with Crippen LogP contribution in [0.5, 0.6) is 0 Å². The fourth-order valence-corrected chi connectivity index (χ4v) is 2.48. The van der Waals surface area contributed by atoms with E-state index < -0.39 is 5.91 Å². The van der Waals surface area contributed by atoms with E-state index in [0.29, 0.717) is 27.7 Å². The fourth-order valence-electron chi connectivity index (χ4n) is 2.31. The van der Waals surface area contributed by atoms with Crippen molar-refractivity contribution < 1.29 is 4.79 Å². The Morgan fingerprint density at radius 3 is 2.64 bits per heavy atom. The summed E-state index contributed by atoms with van der Waals surface area (Å²) in [5, 5.41) is 0.498. The normalized spacial score (nSPS) is 10.2. The molecular weight excluding hydrogens is 338 g/mol. The van der Waals surface area contributed by atoms with Crippen LogP contribution in [0.3, 0.4) is 0 Å². The summed E-state index contributed by atoms with van der Waals surface area (Å²) < 4.78 is 1.65. The average Bonchev–Trinajstić information content (AvgIpc) is 2.91. The van der Waals surface area contributed by atoms with E-state index in [4.69, 9.17) is 17.3 Å². The lowest BCUT2D eigenvalue weighted by Crippen LogP contribution is -2.18. The van der Waals surface area contributed by atoms with Gasteiger partial charge in [0.2, 0.25) is 5.82 Å². The first-order chi connectivity index (χ1) is 12.0. The van der Waals surface area contributed by atoms with Crippen molar-refractivity contribution in [2.24, 2.45) is 5.73 Å². The van der Waals surface area contributed by atoms with Gasteiger partial charge in [0.15, 0.2) is 0 Å². The van der Waals surface area contributed by atoms with Crippen LogP contribution in [0.25, 0.3) is 5.69 Å². The number of hydrogen-bond acceptors (Lipinski definition) is 4. The minimum absolute atomic E-state index is 0.108. The summed E-state index contributed by atoms with van der Waals surface area (Å²) in [4.78, 5) is 24.3. The summed E-state index contributed by atoms with van der Waals surface area (Å²) in [5.74, 6) is 5.36. The summed E-state index contributed by atoms with van der Waals surface area (Å²) in [7, 11) is 0. The minimum Gasteiger partial charge on any atom is -0.363 e. The number of hydrogen-bond donors (Lipinski definition) is 1. The zero-order valence-electron chi connectivity index (χ0n) is 13.6. The van der Waals surface area contributed by atoms with Crippen LogP contribution < -0.4 is 5.73 Å². The van der Waals surface area contributed by atoms with E-state index in [1.54, 1.807) is 23.0 Å². The van der Waals surface area contributed by atoms with Crippen LogP contribution in [-0.2, 0) is 0 Å². The maximum Gasteiger partial charge on any atom is 0.285 e. The van der Waals surface area contributed by atoms with E-state index in [-0.39, 0.29) is 5.82 Å². The molecule has 3 heterocycles. The van der Waals surface area contributed by atoms with Gasteiger partial charge < -0.3 is 5.73 Å². The van der Waals surface area contributed by atoms with E-state index in [2.05, 4.69) is 26.8 Å². The number of amides is 1. The monoisotopic (exact) mass is 351 g/mol. The molecule has 0 aliphatic rings. The molecular formula is C18H14ClN5O. The first-order valence-electron chi connectivity index (χ1n) is 7.40. The van der Waals surface area contributed by atoms with E-state index in [9.17, 15) is 4.79 Å². The molecule has 0 saturated carbocycles. The number of pyridine rings is 2. The number of rotatable bonds is 2. The molecule has 2 N–H and O–H groups in total. The number of imidazole rings is 1. The third-order valence-corrected chi connectivity index (χ3v) is 3.72. The topological polar surface area (TPSA) is 86.7 Å². The largest absolute Gasteiger partial charge is 0.363 e. The van der Waals surface area contributed by atoms with Crippen molar-refractivity contribution in [3.05, 3.63) is 70.3 Å². The first-order valence-corrected chi connectivity index (χ1v) is 7.78. The second-order valence-electron chi connectivity index (χ2n) is 5.37. The highest BCUT2D eigenvalue weighted by Gasteiger charge is 2.18. The van der Waals surface area contributed by atoms with Crippen molar-refractivity contribution in [2.45, 2.75) is 13.8 Å². The Hall–Kier alpha value is -3.17. The number of carbonyl (C=O) groups is 1. The number of primary amides is 1. The van der Waals surface area contributed by atoms with Gasteiger partial charge in [-0.3, -0.25) is 19.3 Å². The maximum atomic E-state index is 11.8. The van der Waals surface area contributed by atoms with Crippen molar-refractivity contribution in [2.75, 3.05) is 0 Å². The lowest BCUT2D eigenvalue weighted by molar-refractivity contribution is 0.0988. The van der Waals surface area contributed by atoms with Crippen molar-refractivity contribution in [3.8, 4) is 17.5 Å². The van der Waals surface area contributed by atoms with Gasteiger partial charge in [-0.2, -0.15) is 0 Å². The molecule has 6 nitrogen and oxygen atoms in total. The van der Waals surface area contributed by atoms with Crippen LogP contribution in [0, 0.1) is 25.7 Å². The smallest absolute Gasteiger partial charge is 0.285 e. The van der Waals surface area contributed by atoms with Crippen LogP contribution in [0.1, 0.15) is 33.3 Å². The predicted octanol–water partition coefficient (Wildman–Crippen LogP) is 2.43. The van der Waals surface area contributed by atoms with Crippen molar-refractivity contribution >= 4 is 17.5 Å². The van der Waals surface area contributed by atoms with Crippen LogP contribution >= 0.6 is 11.6 Å². The Labute approximate surface area is 149 Å². The molecule has 0 atom stereocenters. The predicted molar refractivity (Wildman–Crippen MR) is 94.6 cm³/mol. The number of aromatic nitrogens is 4. The van der Waals surface area contributed by atoms with Gasteiger partial charge in [0.1, 0.15) is 5.69 Å². The molecule has 0 spiro atoms. The minimum atomic E-state index is -0.638. The summed E-state index contributed by atoms with van der Waals surface area (Å²) in [6.45, 7) is 3.70. The SMILES string of the molecule is Cc1ccc(-n2c(C(N)=O)nc(C#Cc3cncc(Cl)c3)c2C)cn1. The Morgan fingerprint density at radius 2 is 2.00 bits per heavy atom. The lowest BCUT2D eigenvalue weighted by atomic mass is 10.2. The van der Waals surface area contributed by atoms with Crippen LogP contribution in [-0.4, -0.2) is 25.4 Å². The van der Waals surface area contributed by atoms with Crippen LogP contribution in [0.4, 0.5) is 0 Å². The number of nitrogens with zero attached hydrogens (tertiary/aromatic N) is 4. The summed E-state index contributed by atoms with van der Waals surface area (Å²) in [5.41, 5.74) is 8.84. The van der Waals surface area contributed by atoms with Crippen molar-refractivity contribution in [1.29, 1.82) is 0 Å². The van der Waals surface area contributed by atoms with Gasteiger partial charge >= 0.3 is 0 Å². The zero-order chi connectivity index (χ0) is 18.0. The molecule has 0 bridgehead atoms. The lowest BCUT2D eigenvalue weighted by Gasteiger charge is -2.07. The number of nitrogens with two attached hydrogens (primary N) is 1. The van der Waals surface area contributed by atoms with Gasteiger partial charge in [-0.15, -0.1) is 0 Å². The molecule has 0 unspecified atom stereocenters. The highest BCUT2D eigenvalue weighted by Crippen LogP contribution is 2.17. The summed E-state index contributed by atoms with van der Waals surface area (Å²) >= 11 is 5.90. The van der Waals surface area contributed by atoms with Gasteiger partial charge in [-0.1, -0.05) is 17.5 Å². The Balaban J connectivity index is 2.10. The Kier molecular flexibility index (Phi) is 4.50. The molecule has 124 valence electrons. The standard InChI is InChI=1S/C18H14ClN5O/c1-11-3-5-15(10-22-11)24-12(2)16(23-18(24)17(20)25)6-4-13-7-14(19)9-21-8-13/h3,5,7-10H,1-2H3,(H2,20,25). The molecule has 1 amide bonds. The van der Waals surface area contributed by atoms with Gasteiger partial charge in [0, 0.05) is 23.7 Å². The summed E-state index contributed by atoms with van der Waals surface area (Å²) in [6.07, 6.45) is 4.79. The van der Waals surface area contributed by atoms with Crippen LogP contribution in [0.2, 0.25) is 5.02 Å². The maximum absolute atomic E-state index is 11.8. The Morgan fingerprint density at radius 1 is 1.20 bits per heavy atom. The number of carbonyl (C=O) groups excluding carboxylic acids is 1. The van der Waals surface area contributed by atoms with Gasteiger partial charge in [0.25, 0.3) is 5.91 Å². The van der Waals surface area contributed by atoms with E-state index in [0.717, 1.165) is 5.69 Å². The van der Waals surface area contributed by atoms with Crippen molar-refractivity contribution in [3.63, 3.8) is 0 Å². The molecule has 0 aliphatic carbocycles. The molecule has 0 saturated heterocycles. The van der Waals surface area contributed by atoms with E-state index >= 15 is 0 Å². The van der Waals surface area contributed by atoms with Gasteiger partial charge in [-0.05, 0) is 38.0 Å². The molecule has 0 fully saturated rings. The number of halogens is 1. The fraction of sp³-hybridized carbons (Fsp3) is 0.111. The highest BCUT2D eigenvalue weighted by molar-refractivity contribution is 6.30. The van der Waals surface area contributed by atoms with Crippen molar-refractivity contribution in [1.82, 2.24) is 19.5 Å². The second kappa shape index (κ2) is 6.75. The molecule has 0 aliphatic heterocycles. The van der Waals surface area contributed by atoms with Gasteiger partial charge in [0.05, 0.1) is 22.6 Å². The molecule has 25 heavy (non-hydrogen) atoms. The van der Waals surface area contributed by atoms with Gasteiger partial charge in [-0.25, -0.2) is 4.98 Å². The molecule has 0 radical (unpaired) electrons. The average molecular weight is 352 g/mol. The summed E-state index contributed by atoms with van der Waals surface area (Å²) in [6, 6.07) is 5.40. The highest BCUT2D eigenvalue weighted by atomic mass is 35.5. The quantitative estimate of drug-likeness (QED) is 0.718. The first kappa shape index (κ1) is 16.7. The number of aryl methyl sites for hydroxylation is 1. The third-order valence-electron chi connectivity index (χ3n) is 3.51. The molecule has 3 rings (SSSR count). The molecule has 0 aromatic carbocycles. The Bertz CT molecular complexity index is 1010. The van der Waals surface area contributed by atoms with E-state index in [1.807, 2.05) is 26.0 Å².